The van der Waals surface area contributed by atoms with Gasteiger partial charge >= 0.3 is 0 Å². The summed E-state index contributed by atoms with van der Waals surface area (Å²) in [5, 5.41) is 9.53. The van der Waals surface area contributed by atoms with Crippen LogP contribution in [0.3, 0.4) is 0 Å². The minimum absolute atomic E-state index is 0.00138. The largest absolute Gasteiger partial charge is 0.497 e. The number of hydrogen-bond donors (Lipinski definition) is 2. The lowest BCUT2D eigenvalue weighted by Crippen LogP contribution is -2.46. The summed E-state index contributed by atoms with van der Waals surface area (Å²) in [4.78, 5) is 28.3. The molecule has 1 aromatic heterocycles. The van der Waals surface area contributed by atoms with Crippen molar-refractivity contribution in [2.45, 2.75) is 37.8 Å². The SMILES string of the molecule is COc1cccc([C@@H](C(=O)NC2CCCC2)N(C(=O)c2ccn[nH]2)c2ccccc2F)c1. The van der Waals surface area contributed by atoms with Crippen molar-refractivity contribution in [3.63, 3.8) is 0 Å². The lowest BCUT2D eigenvalue weighted by molar-refractivity contribution is -0.123. The number of para-hydroxylation sites is 1. The van der Waals surface area contributed by atoms with Crippen molar-refractivity contribution in [1.29, 1.82) is 0 Å². The number of methoxy groups -OCH3 is 1. The monoisotopic (exact) mass is 436 g/mol. The second kappa shape index (κ2) is 9.64. The van der Waals surface area contributed by atoms with Crippen LogP contribution in [0.4, 0.5) is 10.1 Å². The minimum atomic E-state index is -1.11. The number of ether oxygens (including phenoxy) is 1. The fourth-order valence-corrected chi connectivity index (χ4v) is 4.10. The molecule has 3 aromatic rings. The number of H-pyrrole nitrogens is 1. The zero-order chi connectivity index (χ0) is 22.5. The molecule has 0 spiro atoms. The lowest BCUT2D eigenvalue weighted by atomic mass is 10.0. The lowest BCUT2D eigenvalue weighted by Gasteiger charge is -2.32. The fourth-order valence-electron chi connectivity index (χ4n) is 4.10. The highest BCUT2D eigenvalue weighted by Crippen LogP contribution is 2.33. The zero-order valence-corrected chi connectivity index (χ0v) is 17.8. The van der Waals surface area contributed by atoms with Gasteiger partial charge < -0.3 is 10.1 Å². The van der Waals surface area contributed by atoms with E-state index >= 15 is 0 Å². The first-order valence-electron chi connectivity index (χ1n) is 10.6. The van der Waals surface area contributed by atoms with Gasteiger partial charge in [0.15, 0.2) is 0 Å². The molecular weight excluding hydrogens is 411 g/mol. The van der Waals surface area contributed by atoms with Crippen molar-refractivity contribution in [2.24, 2.45) is 0 Å². The van der Waals surface area contributed by atoms with E-state index in [4.69, 9.17) is 4.74 Å². The molecule has 1 aliphatic carbocycles. The average Bonchev–Trinajstić information content (AvgIpc) is 3.52. The Morgan fingerprint density at radius 1 is 1.16 bits per heavy atom. The molecule has 0 aliphatic heterocycles. The molecule has 32 heavy (non-hydrogen) atoms. The maximum Gasteiger partial charge on any atom is 0.277 e. The molecular formula is C24H25FN4O3. The fraction of sp³-hybridized carbons (Fsp3) is 0.292. The molecule has 8 heteroatoms. The molecule has 0 bridgehead atoms. The Morgan fingerprint density at radius 2 is 1.94 bits per heavy atom. The van der Waals surface area contributed by atoms with Crippen LogP contribution in [0.25, 0.3) is 0 Å². The van der Waals surface area contributed by atoms with Crippen LogP contribution in [-0.2, 0) is 4.79 Å². The van der Waals surface area contributed by atoms with E-state index in [9.17, 15) is 14.0 Å². The molecule has 1 saturated carbocycles. The van der Waals surface area contributed by atoms with Gasteiger partial charge in [0.1, 0.15) is 23.3 Å². The number of benzene rings is 2. The summed E-state index contributed by atoms with van der Waals surface area (Å²) in [5.41, 5.74) is 0.660. The average molecular weight is 436 g/mol. The highest BCUT2D eigenvalue weighted by atomic mass is 19.1. The number of hydrogen-bond acceptors (Lipinski definition) is 4. The van der Waals surface area contributed by atoms with E-state index in [0.29, 0.717) is 11.3 Å². The van der Waals surface area contributed by atoms with Crippen LogP contribution in [0.5, 0.6) is 5.75 Å². The molecule has 4 rings (SSSR count). The van der Waals surface area contributed by atoms with Crippen LogP contribution >= 0.6 is 0 Å². The second-order valence-corrected chi connectivity index (χ2v) is 7.77. The smallest absolute Gasteiger partial charge is 0.277 e. The van der Waals surface area contributed by atoms with Crippen molar-refractivity contribution in [3.05, 3.63) is 77.9 Å². The van der Waals surface area contributed by atoms with Crippen LogP contribution in [0, 0.1) is 5.82 Å². The van der Waals surface area contributed by atoms with Crippen LogP contribution in [0.2, 0.25) is 0 Å². The van der Waals surface area contributed by atoms with Crippen LogP contribution in [0.15, 0.2) is 60.8 Å². The topological polar surface area (TPSA) is 87.3 Å². The Hall–Kier alpha value is -3.68. The first kappa shape index (κ1) is 21.5. The van der Waals surface area contributed by atoms with Gasteiger partial charge in [-0.1, -0.05) is 37.1 Å². The number of halogens is 1. The number of carbonyl (C=O) groups is 2. The number of amides is 2. The van der Waals surface area contributed by atoms with E-state index in [2.05, 4.69) is 15.5 Å². The molecule has 166 valence electrons. The van der Waals surface area contributed by atoms with Gasteiger partial charge in [0.05, 0.1) is 12.8 Å². The zero-order valence-electron chi connectivity index (χ0n) is 17.8. The Bertz CT molecular complexity index is 1080. The van der Waals surface area contributed by atoms with E-state index in [1.165, 1.54) is 42.5 Å². The molecule has 0 radical (unpaired) electrons. The second-order valence-electron chi connectivity index (χ2n) is 7.77. The molecule has 0 unspecified atom stereocenters. The van der Waals surface area contributed by atoms with E-state index in [1.54, 1.807) is 30.3 Å². The van der Waals surface area contributed by atoms with Crippen LogP contribution in [0.1, 0.15) is 47.8 Å². The molecule has 2 aromatic carbocycles. The van der Waals surface area contributed by atoms with Crippen molar-refractivity contribution in [1.82, 2.24) is 15.5 Å². The highest BCUT2D eigenvalue weighted by Gasteiger charge is 2.36. The van der Waals surface area contributed by atoms with Gasteiger partial charge in [0, 0.05) is 12.2 Å². The molecule has 1 heterocycles. The molecule has 2 N–H and O–H groups in total. The normalized spacial score (nSPS) is 14.7. The minimum Gasteiger partial charge on any atom is -0.497 e. The number of rotatable bonds is 7. The first-order valence-corrected chi connectivity index (χ1v) is 10.6. The predicted octanol–water partition coefficient (Wildman–Crippen LogP) is 4.00. The van der Waals surface area contributed by atoms with Gasteiger partial charge in [0.2, 0.25) is 5.91 Å². The number of nitrogens with one attached hydrogen (secondary N) is 2. The molecule has 7 nitrogen and oxygen atoms in total. The van der Waals surface area contributed by atoms with E-state index < -0.39 is 17.8 Å². The summed E-state index contributed by atoms with van der Waals surface area (Å²) >= 11 is 0. The Morgan fingerprint density at radius 3 is 2.62 bits per heavy atom. The number of aromatic nitrogens is 2. The van der Waals surface area contributed by atoms with Crippen LogP contribution in [-0.4, -0.2) is 35.2 Å². The standard InChI is InChI=1S/C24H25FN4O3/c1-32-18-10-6-7-16(15-18)22(23(30)27-17-8-2-3-9-17)29(21-12-5-4-11-19(21)25)24(31)20-13-14-26-28-20/h4-7,10-15,17,22H,2-3,8-9H2,1H3,(H,26,28)(H,27,30)/t22-/m0/s1. The number of carbonyl (C=O) groups excluding carboxylic acids is 2. The van der Waals surface area contributed by atoms with Gasteiger partial charge in [-0.15, -0.1) is 0 Å². The summed E-state index contributed by atoms with van der Waals surface area (Å²) < 4.78 is 20.3. The van der Waals surface area contributed by atoms with Crippen molar-refractivity contribution in [3.8, 4) is 5.75 Å². The Labute approximate surface area is 185 Å². The maximum absolute atomic E-state index is 15.0. The Kier molecular flexibility index (Phi) is 6.49. The first-order chi connectivity index (χ1) is 15.6. The third-order valence-corrected chi connectivity index (χ3v) is 5.68. The van der Waals surface area contributed by atoms with Gasteiger partial charge in [-0.05, 0) is 48.7 Å². The van der Waals surface area contributed by atoms with Crippen molar-refractivity contribution < 1.29 is 18.7 Å². The van der Waals surface area contributed by atoms with Crippen molar-refractivity contribution >= 4 is 17.5 Å². The Balaban J connectivity index is 1.84. The van der Waals surface area contributed by atoms with Gasteiger partial charge in [-0.25, -0.2) is 4.39 Å². The number of anilines is 1. The highest BCUT2D eigenvalue weighted by molar-refractivity contribution is 6.09. The molecule has 1 atom stereocenters. The van der Waals surface area contributed by atoms with Crippen LogP contribution < -0.4 is 15.0 Å². The van der Waals surface area contributed by atoms with E-state index in [0.717, 1.165) is 25.7 Å². The summed E-state index contributed by atoms with van der Waals surface area (Å²) in [5.74, 6) is -1.02. The molecule has 1 aliphatic rings. The van der Waals surface area contributed by atoms with E-state index in [-0.39, 0.29) is 23.3 Å². The maximum atomic E-state index is 15.0. The predicted molar refractivity (Wildman–Crippen MR) is 118 cm³/mol. The quantitative estimate of drug-likeness (QED) is 0.586. The molecule has 0 saturated heterocycles. The summed E-state index contributed by atoms with van der Waals surface area (Å²) in [6.07, 6.45) is 5.28. The van der Waals surface area contributed by atoms with E-state index in [1.807, 2.05) is 0 Å². The number of aromatic amines is 1. The summed E-state index contributed by atoms with van der Waals surface area (Å²) in [6.45, 7) is 0. The van der Waals surface area contributed by atoms with Gasteiger partial charge in [0.25, 0.3) is 5.91 Å². The number of nitrogens with zero attached hydrogens (tertiary/aromatic N) is 2. The third kappa shape index (κ3) is 4.49. The van der Waals surface area contributed by atoms with Crippen molar-refractivity contribution in [2.75, 3.05) is 12.0 Å². The molecule has 1 fully saturated rings. The summed E-state index contributed by atoms with van der Waals surface area (Å²) in [7, 11) is 1.52. The van der Waals surface area contributed by atoms with Gasteiger partial charge in [-0.3, -0.25) is 19.6 Å². The third-order valence-electron chi connectivity index (χ3n) is 5.68. The van der Waals surface area contributed by atoms with Gasteiger partial charge in [-0.2, -0.15) is 5.10 Å². The summed E-state index contributed by atoms with van der Waals surface area (Å²) in [6, 6.07) is 13.2. The molecule has 2 amide bonds.